The third-order valence-corrected chi connectivity index (χ3v) is 2.00. The lowest BCUT2D eigenvalue weighted by atomic mass is 9.98. The Kier molecular flexibility index (Phi) is 2.84. The van der Waals surface area contributed by atoms with Crippen molar-refractivity contribution in [3.05, 3.63) is 34.6 Å². The second-order valence-corrected chi connectivity index (χ2v) is 3.31. The summed E-state index contributed by atoms with van der Waals surface area (Å²) in [4.78, 5) is 0. The Balaban J connectivity index is 3.44. The number of halogens is 1. The van der Waals surface area contributed by atoms with Gasteiger partial charge in [-0.3, -0.25) is 0 Å². The zero-order valence-corrected chi connectivity index (χ0v) is 8.00. The molecule has 0 bridgehead atoms. The van der Waals surface area contributed by atoms with E-state index >= 15 is 0 Å². The van der Waals surface area contributed by atoms with Crippen LogP contribution < -0.4 is 0 Å². The van der Waals surface area contributed by atoms with Crippen molar-refractivity contribution in [2.24, 2.45) is 0 Å². The number of hydrogen-bond donors (Lipinski definition) is 0. The molecule has 0 aliphatic rings. The highest BCUT2D eigenvalue weighted by atomic mass is 19.1. The molecule has 0 amide bonds. The van der Waals surface area contributed by atoms with Gasteiger partial charge in [-0.2, -0.15) is 10.5 Å². The molecule has 0 atom stereocenters. The second kappa shape index (κ2) is 3.89. The number of hydrogen-bond acceptors (Lipinski definition) is 2. The van der Waals surface area contributed by atoms with E-state index in [-0.39, 0.29) is 17.0 Å². The number of nitriles is 2. The van der Waals surface area contributed by atoms with Crippen LogP contribution in [0.3, 0.4) is 0 Å². The maximum atomic E-state index is 13.3. The van der Waals surface area contributed by atoms with Gasteiger partial charge in [-0.05, 0) is 23.6 Å². The van der Waals surface area contributed by atoms with Crippen molar-refractivity contribution < 1.29 is 4.39 Å². The number of nitrogens with zero attached hydrogens (tertiary/aromatic N) is 2. The van der Waals surface area contributed by atoms with E-state index in [1.807, 2.05) is 13.8 Å². The molecule has 0 unspecified atom stereocenters. The van der Waals surface area contributed by atoms with Crippen LogP contribution in [0.4, 0.5) is 4.39 Å². The summed E-state index contributed by atoms with van der Waals surface area (Å²) >= 11 is 0. The fraction of sp³-hybridized carbons (Fsp3) is 0.273. The zero-order valence-electron chi connectivity index (χ0n) is 8.00. The van der Waals surface area contributed by atoms with Crippen molar-refractivity contribution in [2.45, 2.75) is 19.8 Å². The van der Waals surface area contributed by atoms with Crippen LogP contribution in [0.1, 0.15) is 36.5 Å². The van der Waals surface area contributed by atoms with Gasteiger partial charge >= 0.3 is 0 Å². The molecule has 0 aliphatic heterocycles. The summed E-state index contributed by atoms with van der Waals surface area (Å²) in [6.07, 6.45) is 0. The Labute approximate surface area is 82.2 Å². The molecule has 0 spiro atoms. The van der Waals surface area contributed by atoms with Crippen molar-refractivity contribution in [1.82, 2.24) is 0 Å². The lowest BCUT2D eigenvalue weighted by Gasteiger charge is -2.06. The zero-order chi connectivity index (χ0) is 10.7. The minimum absolute atomic E-state index is 0.0623. The highest BCUT2D eigenvalue weighted by Gasteiger charge is 2.11. The summed E-state index contributed by atoms with van der Waals surface area (Å²) < 4.78 is 13.3. The molecule has 2 nitrogen and oxygen atoms in total. The van der Waals surface area contributed by atoms with E-state index in [2.05, 4.69) is 0 Å². The summed E-state index contributed by atoms with van der Waals surface area (Å²) in [6, 6.07) is 6.45. The smallest absolute Gasteiger partial charge is 0.158 e. The molecule has 0 saturated carbocycles. The van der Waals surface area contributed by atoms with Crippen LogP contribution in [0.5, 0.6) is 0 Å². The summed E-state index contributed by atoms with van der Waals surface area (Å²) in [7, 11) is 0. The molecule has 1 aromatic rings. The summed E-state index contributed by atoms with van der Waals surface area (Å²) in [5.74, 6) is -0.547. The molecule has 0 saturated heterocycles. The van der Waals surface area contributed by atoms with Crippen molar-refractivity contribution >= 4 is 0 Å². The van der Waals surface area contributed by atoms with E-state index in [1.165, 1.54) is 12.1 Å². The molecule has 3 heteroatoms. The SMILES string of the molecule is CC(C)c1cc(C#N)c(F)c(C#N)c1. The minimum atomic E-state index is -0.723. The maximum Gasteiger partial charge on any atom is 0.158 e. The normalized spacial score (nSPS) is 9.57. The highest BCUT2D eigenvalue weighted by molar-refractivity contribution is 5.45. The third kappa shape index (κ3) is 1.72. The molecule has 1 rings (SSSR count). The third-order valence-electron chi connectivity index (χ3n) is 2.00. The van der Waals surface area contributed by atoms with Gasteiger partial charge in [0.05, 0.1) is 11.1 Å². The maximum absolute atomic E-state index is 13.3. The van der Waals surface area contributed by atoms with E-state index < -0.39 is 5.82 Å². The van der Waals surface area contributed by atoms with E-state index in [0.717, 1.165) is 5.56 Å². The molecule has 14 heavy (non-hydrogen) atoms. The fourth-order valence-corrected chi connectivity index (χ4v) is 1.14. The molecular weight excluding hydrogens is 179 g/mol. The van der Waals surface area contributed by atoms with Crippen LogP contribution in [0.25, 0.3) is 0 Å². The molecule has 0 fully saturated rings. The van der Waals surface area contributed by atoms with Crippen LogP contribution in [0.2, 0.25) is 0 Å². The van der Waals surface area contributed by atoms with Crippen LogP contribution in [0.15, 0.2) is 12.1 Å². The van der Waals surface area contributed by atoms with E-state index in [9.17, 15) is 4.39 Å². The summed E-state index contributed by atoms with van der Waals surface area (Å²) in [5, 5.41) is 17.3. The highest BCUT2D eigenvalue weighted by Crippen LogP contribution is 2.20. The fourth-order valence-electron chi connectivity index (χ4n) is 1.14. The molecular formula is C11H9FN2. The van der Waals surface area contributed by atoms with E-state index in [0.29, 0.717) is 0 Å². The first-order valence-electron chi connectivity index (χ1n) is 4.23. The summed E-state index contributed by atoms with van der Waals surface area (Å²) in [5.41, 5.74) is 0.681. The van der Waals surface area contributed by atoms with Gasteiger partial charge in [0, 0.05) is 0 Å². The van der Waals surface area contributed by atoms with Gasteiger partial charge in [0.15, 0.2) is 5.82 Å². The largest absolute Gasteiger partial charge is 0.204 e. The molecule has 0 aromatic heterocycles. The first-order chi connectivity index (χ1) is 6.60. The van der Waals surface area contributed by atoms with Crippen LogP contribution in [-0.2, 0) is 0 Å². The number of rotatable bonds is 1. The Morgan fingerprint density at radius 2 is 1.57 bits per heavy atom. The van der Waals surface area contributed by atoms with Crippen molar-refractivity contribution in [3.8, 4) is 12.1 Å². The van der Waals surface area contributed by atoms with Gasteiger partial charge in [0.25, 0.3) is 0 Å². The van der Waals surface area contributed by atoms with Crippen LogP contribution in [-0.4, -0.2) is 0 Å². The molecule has 70 valence electrons. The van der Waals surface area contributed by atoms with Gasteiger partial charge in [-0.15, -0.1) is 0 Å². The number of benzene rings is 1. The summed E-state index contributed by atoms with van der Waals surface area (Å²) in [6.45, 7) is 3.85. The molecule has 0 aliphatic carbocycles. The first-order valence-corrected chi connectivity index (χ1v) is 4.23. The van der Waals surface area contributed by atoms with Gasteiger partial charge in [0.2, 0.25) is 0 Å². The monoisotopic (exact) mass is 188 g/mol. The van der Waals surface area contributed by atoms with Crippen LogP contribution >= 0.6 is 0 Å². The lowest BCUT2D eigenvalue weighted by Crippen LogP contribution is -1.95. The average Bonchev–Trinajstić information content (AvgIpc) is 2.17. The predicted octanol–water partition coefficient (Wildman–Crippen LogP) is 2.69. The van der Waals surface area contributed by atoms with Gasteiger partial charge in [-0.25, -0.2) is 4.39 Å². The Bertz CT molecular complexity index is 401. The van der Waals surface area contributed by atoms with Crippen molar-refractivity contribution in [1.29, 1.82) is 10.5 Å². The van der Waals surface area contributed by atoms with Crippen LogP contribution in [0, 0.1) is 28.5 Å². The minimum Gasteiger partial charge on any atom is -0.204 e. The second-order valence-electron chi connectivity index (χ2n) is 3.31. The van der Waals surface area contributed by atoms with Crippen molar-refractivity contribution in [3.63, 3.8) is 0 Å². The van der Waals surface area contributed by atoms with Gasteiger partial charge < -0.3 is 0 Å². The molecule has 1 aromatic carbocycles. The van der Waals surface area contributed by atoms with Gasteiger partial charge in [0.1, 0.15) is 12.1 Å². The Morgan fingerprint density at radius 3 is 1.86 bits per heavy atom. The quantitative estimate of drug-likeness (QED) is 0.680. The molecule has 0 N–H and O–H groups in total. The molecule has 0 radical (unpaired) electrons. The standard InChI is InChI=1S/C11H9FN2/c1-7(2)8-3-9(5-13)11(12)10(4-8)6-14/h3-4,7H,1-2H3. The first kappa shape index (κ1) is 10.2. The average molecular weight is 188 g/mol. The molecule has 0 heterocycles. The van der Waals surface area contributed by atoms with E-state index in [4.69, 9.17) is 10.5 Å². The topological polar surface area (TPSA) is 47.6 Å². The Morgan fingerprint density at radius 1 is 1.14 bits per heavy atom. The predicted molar refractivity (Wildman–Crippen MR) is 49.9 cm³/mol. The van der Waals surface area contributed by atoms with E-state index in [1.54, 1.807) is 12.1 Å². The Hall–Kier alpha value is -1.87. The van der Waals surface area contributed by atoms with Gasteiger partial charge in [-0.1, -0.05) is 13.8 Å². The lowest BCUT2D eigenvalue weighted by molar-refractivity contribution is 0.618. The van der Waals surface area contributed by atoms with Crippen molar-refractivity contribution in [2.75, 3.05) is 0 Å².